The summed E-state index contributed by atoms with van der Waals surface area (Å²) in [5.41, 5.74) is 6.89. The third kappa shape index (κ3) is 19.3. The number of hydrogen-bond donors (Lipinski definition) is 10. The van der Waals surface area contributed by atoms with Crippen molar-refractivity contribution in [2.24, 2.45) is 16.7 Å². The van der Waals surface area contributed by atoms with E-state index in [0.29, 0.717) is 29.4 Å². The van der Waals surface area contributed by atoms with Gasteiger partial charge in [-0.2, -0.15) is 0 Å². The predicted molar refractivity (Wildman–Crippen MR) is 312 cm³/mol. The van der Waals surface area contributed by atoms with Crippen LogP contribution in [0.3, 0.4) is 0 Å². The molecular formula is C54H76ClN9O14S4. The second-order valence-corrected chi connectivity index (χ2v) is 27.9. The number of Topliss-reactive ketones (excluding diaryl/α,β-unsaturated/α-hetero) is 1. The molecule has 3 fully saturated rings. The summed E-state index contributed by atoms with van der Waals surface area (Å²) in [5.74, 6) is -0.0210. The van der Waals surface area contributed by atoms with Crippen LogP contribution < -0.4 is 45.9 Å². The minimum Gasteiger partial charge on any atom is -0.399 e. The molecule has 11 N–H and O–H groups in total. The lowest BCUT2D eigenvalue weighted by molar-refractivity contribution is 0.00193. The number of urea groups is 4. The second-order valence-electron chi connectivity index (χ2n) is 20.7. The summed E-state index contributed by atoms with van der Waals surface area (Å²) in [5, 5.41) is 21.4. The number of nitrogens with one attached hydrogen (secondary N) is 8. The summed E-state index contributed by atoms with van der Waals surface area (Å²) in [6.07, 6.45) is 8.59. The number of sulfonamides is 4. The molecule has 82 heavy (non-hydrogen) atoms. The first-order valence-electron chi connectivity index (χ1n) is 26.5. The van der Waals surface area contributed by atoms with Crippen LogP contribution in [0.15, 0.2) is 117 Å². The summed E-state index contributed by atoms with van der Waals surface area (Å²) >= 11 is 5.64. The van der Waals surface area contributed by atoms with Crippen molar-refractivity contribution in [1.29, 1.82) is 0 Å². The van der Waals surface area contributed by atoms with Crippen molar-refractivity contribution in [2.45, 2.75) is 150 Å². The lowest BCUT2D eigenvalue weighted by Crippen LogP contribution is -2.52. The van der Waals surface area contributed by atoms with E-state index in [1.807, 2.05) is 46.6 Å². The Kier molecular flexibility index (Phi) is 24.6. The summed E-state index contributed by atoms with van der Waals surface area (Å²) in [4.78, 5) is 57.8. The molecular weight excluding hydrogens is 1160 g/mol. The van der Waals surface area contributed by atoms with Gasteiger partial charge in [-0.25, -0.2) is 71.7 Å². The molecule has 3 aliphatic carbocycles. The van der Waals surface area contributed by atoms with Gasteiger partial charge in [0.15, 0.2) is 5.78 Å². The number of nitrogens with two attached hydrogens (primary N) is 1. The fourth-order valence-corrected chi connectivity index (χ4v) is 13.2. The number of aliphatic hydroxyl groups is 1. The van der Waals surface area contributed by atoms with Crippen molar-refractivity contribution in [3.8, 4) is 0 Å². The number of fused-ring (bicyclic) bond motifs is 2. The van der Waals surface area contributed by atoms with Crippen molar-refractivity contribution in [2.75, 3.05) is 18.8 Å². The van der Waals surface area contributed by atoms with E-state index in [2.05, 4.69) is 35.1 Å². The fourth-order valence-electron chi connectivity index (χ4n) is 9.42. The standard InChI is InChI=1S/C18H26N2O4S.C15H20N2O4S.C11H17N3O3S.C10H13ClN2O3S/c1-11-5-7-12(8-6-11)25(23,24)20-16(22)19-14-13-9-10-18(4,15(14)21)17(13,2)3;1-11(18)12-7-9-14(10-8-12)22(20,21)17-15(19)16-13-5-3-2-4-6-13;1-2-3-8-13-11(15)14-18(16,17)10-6-4-9(12)5-7-10;1-2-7-12-10(14)13-17(15,16)9-5-3-8(11)4-6-9/h5-8,13-15,21H,9-10H2,1-4H3,(H2,19,20,22);7-10,13H,2-6H2,1H3,(H2,16,17,19);4-7H,2-3,8,12H2,1H3,(H2,13,14,15);3-6H,2,7H2,1H3,(H2,12,13,14)/t13-,14+,15+,18+;;;/m1.../s1. The van der Waals surface area contributed by atoms with Crippen molar-refractivity contribution in [3.05, 3.63) is 113 Å². The predicted octanol–water partition coefficient (Wildman–Crippen LogP) is 7.17. The number of nitrogen functional groups attached to an aromatic ring is 1. The van der Waals surface area contributed by atoms with Crippen LogP contribution in [0, 0.1) is 23.7 Å². The minimum absolute atomic E-state index is 0.00217. The number of hydrogen-bond acceptors (Lipinski definition) is 15. The van der Waals surface area contributed by atoms with Crippen LogP contribution >= 0.6 is 11.6 Å². The van der Waals surface area contributed by atoms with Crippen LogP contribution in [0.25, 0.3) is 0 Å². The molecule has 0 unspecified atom stereocenters. The zero-order valence-electron chi connectivity index (χ0n) is 46.9. The summed E-state index contributed by atoms with van der Waals surface area (Å²) in [6.45, 7) is 14.2. The molecule has 3 aliphatic rings. The van der Waals surface area contributed by atoms with Crippen LogP contribution in [-0.4, -0.2) is 100.0 Å². The average Bonchev–Trinajstić information content (AvgIpc) is 2.05. The number of ketones is 1. The van der Waals surface area contributed by atoms with Gasteiger partial charge in [-0.3, -0.25) is 4.79 Å². The van der Waals surface area contributed by atoms with E-state index in [1.165, 1.54) is 91.9 Å². The number of carbonyl (C=O) groups is 5. The second kappa shape index (κ2) is 29.6. The van der Waals surface area contributed by atoms with Gasteiger partial charge in [0.1, 0.15) is 0 Å². The third-order valence-electron chi connectivity index (χ3n) is 14.5. The Labute approximate surface area is 486 Å². The molecule has 23 nitrogen and oxygen atoms in total. The van der Waals surface area contributed by atoms with E-state index in [0.717, 1.165) is 69.8 Å². The third-order valence-corrected chi connectivity index (χ3v) is 20.2. The number of anilines is 1. The van der Waals surface area contributed by atoms with E-state index >= 15 is 0 Å². The van der Waals surface area contributed by atoms with Crippen molar-refractivity contribution < 1.29 is 62.8 Å². The lowest BCUT2D eigenvalue weighted by atomic mass is 9.70. The highest BCUT2D eigenvalue weighted by Gasteiger charge is 2.66. The van der Waals surface area contributed by atoms with Gasteiger partial charge in [-0.1, -0.05) is 102 Å². The maximum atomic E-state index is 12.3. The number of carbonyl (C=O) groups excluding carboxylic acids is 5. The molecule has 2 bridgehead atoms. The molecule has 0 spiro atoms. The summed E-state index contributed by atoms with van der Waals surface area (Å²) < 4.78 is 104. The molecule has 0 radical (unpaired) electrons. The maximum absolute atomic E-state index is 12.3. The van der Waals surface area contributed by atoms with Gasteiger partial charge in [0.05, 0.1) is 31.7 Å². The number of halogens is 1. The van der Waals surface area contributed by atoms with E-state index in [1.54, 1.807) is 12.1 Å². The van der Waals surface area contributed by atoms with Crippen molar-refractivity contribution >= 4 is 87.3 Å². The van der Waals surface area contributed by atoms with Gasteiger partial charge >= 0.3 is 24.1 Å². The number of rotatable bonds is 16. The Morgan fingerprint density at radius 1 is 0.573 bits per heavy atom. The molecule has 452 valence electrons. The Bertz CT molecular complexity index is 3300. The van der Waals surface area contributed by atoms with E-state index in [-0.39, 0.29) is 48.2 Å². The highest BCUT2D eigenvalue weighted by Crippen LogP contribution is 2.65. The zero-order chi connectivity index (χ0) is 61.3. The van der Waals surface area contributed by atoms with Gasteiger partial charge in [0.2, 0.25) is 0 Å². The van der Waals surface area contributed by atoms with Crippen LogP contribution in [0.2, 0.25) is 5.02 Å². The Balaban J connectivity index is 0.000000238. The topological polar surface area (TPSA) is 364 Å². The normalized spacial score (nSPS) is 19.1. The number of aryl methyl sites for hydroxylation is 1. The molecule has 8 amide bonds. The fraction of sp³-hybridized carbons (Fsp3) is 0.463. The van der Waals surface area contributed by atoms with Gasteiger partial charge in [-0.15, -0.1) is 0 Å². The molecule has 0 aromatic heterocycles. The summed E-state index contributed by atoms with van der Waals surface area (Å²) in [6, 6.07) is 19.5. The van der Waals surface area contributed by atoms with Gasteiger partial charge in [0.25, 0.3) is 40.1 Å². The number of benzene rings is 4. The molecule has 4 aromatic carbocycles. The van der Waals surface area contributed by atoms with Crippen LogP contribution in [0.5, 0.6) is 0 Å². The number of amides is 8. The molecule has 0 aliphatic heterocycles. The molecule has 3 saturated carbocycles. The Morgan fingerprint density at radius 3 is 1.41 bits per heavy atom. The summed E-state index contributed by atoms with van der Waals surface area (Å²) in [7, 11) is -15.5. The molecule has 4 atom stereocenters. The smallest absolute Gasteiger partial charge is 0.329 e. The Morgan fingerprint density at radius 2 is 0.988 bits per heavy atom. The first-order valence-corrected chi connectivity index (χ1v) is 32.8. The van der Waals surface area contributed by atoms with E-state index in [9.17, 15) is 62.8 Å². The maximum Gasteiger partial charge on any atom is 0.329 e. The lowest BCUT2D eigenvalue weighted by Gasteiger charge is -2.37. The first-order chi connectivity index (χ1) is 38.3. The monoisotopic (exact) mass is 1240 g/mol. The molecule has 7 rings (SSSR count). The molecule has 28 heteroatoms. The van der Waals surface area contributed by atoms with Crippen LogP contribution in [-0.2, 0) is 40.1 Å². The first kappa shape index (κ1) is 68.0. The molecule has 0 heterocycles. The minimum atomic E-state index is -3.94. The average molecular weight is 1240 g/mol. The number of aliphatic hydroxyl groups excluding tert-OH is 1. The molecule has 0 saturated heterocycles. The SMILES string of the molecule is CC(=O)c1ccc(S(=O)(=O)NC(=O)NC2CCCCC2)cc1.CCCCNC(=O)NS(=O)(=O)c1ccc(N)cc1.CCCNC(=O)NS(=O)(=O)c1ccc(Cl)cc1.Cc1ccc(S(=O)(=O)NC(=O)N[C@H]2[C@H]3CC[C@@](C)([C@H]2O)C3(C)C)cc1. The highest BCUT2D eigenvalue weighted by molar-refractivity contribution is 7.91. The zero-order valence-corrected chi connectivity index (χ0v) is 50.9. The van der Waals surface area contributed by atoms with Crippen LogP contribution in [0.4, 0.5) is 24.9 Å². The van der Waals surface area contributed by atoms with Crippen molar-refractivity contribution in [1.82, 2.24) is 40.2 Å². The van der Waals surface area contributed by atoms with Crippen molar-refractivity contribution in [3.63, 3.8) is 0 Å². The van der Waals surface area contributed by atoms with E-state index in [4.69, 9.17) is 17.3 Å². The van der Waals surface area contributed by atoms with Gasteiger partial charge < -0.3 is 32.1 Å². The highest BCUT2D eigenvalue weighted by atomic mass is 35.5. The van der Waals surface area contributed by atoms with Gasteiger partial charge in [0, 0.05) is 40.8 Å². The van der Waals surface area contributed by atoms with E-state index < -0.39 is 76.4 Å². The van der Waals surface area contributed by atoms with Gasteiger partial charge in [-0.05, 0) is 137 Å². The quantitative estimate of drug-likeness (QED) is 0.0302. The Hall–Kier alpha value is -6.52. The largest absolute Gasteiger partial charge is 0.399 e. The number of unbranched alkanes of at least 4 members (excludes halogenated alkanes) is 1. The molecule has 4 aromatic rings. The van der Waals surface area contributed by atoms with Crippen LogP contribution in [0.1, 0.15) is 122 Å².